The van der Waals surface area contributed by atoms with Gasteiger partial charge in [0, 0.05) is 25.7 Å². The molecule has 24 heavy (non-hydrogen) atoms. The number of aryl methyl sites for hydroxylation is 2. The molecule has 7 heteroatoms. The van der Waals surface area contributed by atoms with Gasteiger partial charge in [-0.05, 0) is 49.9 Å². The maximum Gasteiger partial charge on any atom is 0.240 e. The minimum Gasteiger partial charge on any atom is -0.496 e. The van der Waals surface area contributed by atoms with E-state index in [0.29, 0.717) is 19.2 Å². The zero-order valence-corrected chi connectivity index (χ0v) is 15.4. The predicted molar refractivity (Wildman–Crippen MR) is 92.0 cm³/mol. The molecular weight excluding hydrogens is 328 g/mol. The van der Waals surface area contributed by atoms with Crippen molar-refractivity contribution in [2.75, 3.05) is 33.4 Å². The molecule has 1 aliphatic heterocycles. The van der Waals surface area contributed by atoms with Gasteiger partial charge < -0.3 is 9.47 Å². The van der Waals surface area contributed by atoms with Gasteiger partial charge in [-0.1, -0.05) is 0 Å². The maximum atomic E-state index is 12.6. The Labute approximate surface area is 144 Å². The van der Waals surface area contributed by atoms with Crippen molar-refractivity contribution in [1.82, 2.24) is 9.62 Å². The van der Waals surface area contributed by atoms with Crippen LogP contribution in [0, 0.1) is 13.8 Å². The van der Waals surface area contributed by atoms with Crippen LogP contribution in [0.1, 0.15) is 24.0 Å². The summed E-state index contributed by atoms with van der Waals surface area (Å²) in [5, 5.41) is 0. The van der Waals surface area contributed by atoms with Crippen LogP contribution in [0.2, 0.25) is 0 Å². The van der Waals surface area contributed by atoms with Gasteiger partial charge in [0.05, 0.1) is 24.7 Å². The van der Waals surface area contributed by atoms with Gasteiger partial charge in [0.2, 0.25) is 10.0 Å². The Morgan fingerprint density at radius 2 is 1.96 bits per heavy atom. The van der Waals surface area contributed by atoms with Gasteiger partial charge in [0.15, 0.2) is 0 Å². The van der Waals surface area contributed by atoms with Crippen molar-refractivity contribution >= 4 is 10.0 Å². The molecule has 1 saturated carbocycles. The SMILES string of the molecule is COc1c(C)cc(S(=O)(=O)NCC2CN(C3CC3)CCO2)cc1C. The summed E-state index contributed by atoms with van der Waals surface area (Å²) in [5.74, 6) is 0.727. The first-order chi connectivity index (χ1) is 11.4. The number of hydrogen-bond acceptors (Lipinski definition) is 5. The summed E-state index contributed by atoms with van der Waals surface area (Å²) < 4.78 is 38.9. The van der Waals surface area contributed by atoms with Crippen LogP contribution in [0.25, 0.3) is 0 Å². The van der Waals surface area contributed by atoms with Gasteiger partial charge in [-0.15, -0.1) is 0 Å². The van der Waals surface area contributed by atoms with Crippen LogP contribution in [0.4, 0.5) is 0 Å². The van der Waals surface area contributed by atoms with E-state index >= 15 is 0 Å². The highest BCUT2D eigenvalue weighted by Crippen LogP contribution is 2.28. The number of morpholine rings is 1. The third-order valence-corrected chi connectivity index (χ3v) is 6.09. The van der Waals surface area contributed by atoms with Gasteiger partial charge in [0.25, 0.3) is 0 Å². The van der Waals surface area contributed by atoms with Crippen LogP contribution in [0.5, 0.6) is 5.75 Å². The number of nitrogens with zero attached hydrogens (tertiary/aromatic N) is 1. The van der Waals surface area contributed by atoms with Crippen molar-refractivity contribution < 1.29 is 17.9 Å². The summed E-state index contributed by atoms with van der Waals surface area (Å²) in [6.45, 7) is 6.42. The topological polar surface area (TPSA) is 67.9 Å². The summed E-state index contributed by atoms with van der Waals surface area (Å²) in [6, 6.07) is 3.97. The third-order valence-electron chi connectivity index (χ3n) is 4.68. The summed E-state index contributed by atoms with van der Waals surface area (Å²) in [4.78, 5) is 2.68. The molecule has 0 spiro atoms. The number of hydrogen-bond donors (Lipinski definition) is 1. The molecule has 0 radical (unpaired) electrons. The third kappa shape index (κ3) is 3.91. The molecule has 0 aromatic heterocycles. The van der Waals surface area contributed by atoms with Gasteiger partial charge >= 0.3 is 0 Å². The van der Waals surface area contributed by atoms with Crippen LogP contribution in [0.3, 0.4) is 0 Å². The highest BCUT2D eigenvalue weighted by Gasteiger charge is 2.33. The minimum absolute atomic E-state index is 0.0884. The Morgan fingerprint density at radius 3 is 2.54 bits per heavy atom. The van der Waals surface area contributed by atoms with Crippen LogP contribution in [0.15, 0.2) is 17.0 Å². The van der Waals surface area contributed by atoms with Crippen molar-refractivity contribution in [2.24, 2.45) is 0 Å². The molecule has 6 nitrogen and oxygen atoms in total. The molecule has 1 unspecified atom stereocenters. The van der Waals surface area contributed by atoms with Crippen molar-refractivity contribution in [3.8, 4) is 5.75 Å². The number of rotatable bonds is 6. The summed E-state index contributed by atoms with van der Waals surface area (Å²) >= 11 is 0. The fourth-order valence-corrected chi connectivity index (χ4v) is 4.55. The molecule has 2 aliphatic rings. The van der Waals surface area contributed by atoms with Crippen LogP contribution >= 0.6 is 0 Å². The monoisotopic (exact) mass is 354 g/mol. The summed E-state index contributed by atoms with van der Waals surface area (Å²) in [6.07, 6.45) is 2.42. The first-order valence-electron chi connectivity index (χ1n) is 8.41. The quantitative estimate of drug-likeness (QED) is 0.838. The first kappa shape index (κ1) is 17.7. The van der Waals surface area contributed by atoms with Crippen molar-refractivity contribution in [3.05, 3.63) is 23.3 Å². The smallest absolute Gasteiger partial charge is 0.240 e. The Morgan fingerprint density at radius 1 is 1.29 bits per heavy atom. The highest BCUT2D eigenvalue weighted by atomic mass is 32.2. The lowest BCUT2D eigenvalue weighted by Gasteiger charge is -2.33. The fourth-order valence-electron chi connectivity index (χ4n) is 3.31. The number of sulfonamides is 1. The lowest BCUT2D eigenvalue weighted by Crippen LogP contribution is -2.48. The second-order valence-corrected chi connectivity index (χ2v) is 8.43. The molecule has 1 aromatic carbocycles. The van der Waals surface area contributed by atoms with E-state index in [2.05, 4.69) is 9.62 Å². The Bertz CT molecular complexity index is 678. The van der Waals surface area contributed by atoms with Crippen LogP contribution < -0.4 is 9.46 Å². The van der Waals surface area contributed by atoms with E-state index in [1.54, 1.807) is 19.2 Å². The molecule has 1 aromatic rings. The largest absolute Gasteiger partial charge is 0.496 e. The van der Waals surface area contributed by atoms with Gasteiger partial charge in [-0.25, -0.2) is 13.1 Å². The van der Waals surface area contributed by atoms with E-state index in [1.165, 1.54) is 12.8 Å². The molecule has 1 saturated heterocycles. The van der Waals surface area contributed by atoms with E-state index in [-0.39, 0.29) is 11.0 Å². The normalized spacial score (nSPS) is 22.5. The average molecular weight is 354 g/mol. The number of nitrogens with one attached hydrogen (secondary N) is 1. The van der Waals surface area contributed by atoms with Crippen molar-refractivity contribution in [1.29, 1.82) is 0 Å². The van der Waals surface area contributed by atoms with E-state index in [1.807, 2.05) is 13.8 Å². The second kappa shape index (κ2) is 7.00. The molecule has 2 fully saturated rings. The molecule has 0 bridgehead atoms. The molecule has 134 valence electrons. The Balaban J connectivity index is 1.65. The lowest BCUT2D eigenvalue weighted by atomic mass is 10.1. The number of ether oxygens (including phenoxy) is 2. The van der Waals surface area contributed by atoms with E-state index in [4.69, 9.17) is 9.47 Å². The Kier molecular flexibility index (Phi) is 5.15. The van der Waals surface area contributed by atoms with Crippen LogP contribution in [-0.4, -0.2) is 58.8 Å². The lowest BCUT2D eigenvalue weighted by molar-refractivity contribution is -0.0277. The predicted octanol–water partition coefficient (Wildman–Crippen LogP) is 1.45. The minimum atomic E-state index is -3.56. The van der Waals surface area contributed by atoms with Crippen LogP contribution in [-0.2, 0) is 14.8 Å². The summed E-state index contributed by atoms with van der Waals surface area (Å²) in [5.41, 5.74) is 1.62. The molecule has 1 N–H and O–H groups in total. The first-order valence-corrected chi connectivity index (χ1v) is 9.89. The van der Waals surface area contributed by atoms with E-state index in [9.17, 15) is 8.42 Å². The van der Waals surface area contributed by atoms with E-state index < -0.39 is 10.0 Å². The van der Waals surface area contributed by atoms with Crippen molar-refractivity contribution in [2.45, 2.75) is 43.7 Å². The molecule has 1 atom stereocenters. The molecular formula is C17H26N2O4S. The Hall–Kier alpha value is -1.15. The molecule has 3 rings (SSSR count). The molecule has 1 heterocycles. The van der Waals surface area contributed by atoms with E-state index in [0.717, 1.165) is 30.0 Å². The highest BCUT2D eigenvalue weighted by molar-refractivity contribution is 7.89. The average Bonchev–Trinajstić information content (AvgIpc) is 3.38. The van der Waals surface area contributed by atoms with Gasteiger partial charge in [-0.2, -0.15) is 0 Å². The fraction of sp³-hybridized carbons (Fsp3) is 0.647. The summed E-state index contributed by atoms with van der Waals surface area (Å²) in [7, 11) is -1.96. The molecule has 0 amide bonds. The number of methoxy groups -OCH3 is 1. The number of benzene rings is 1. The zero-order chi connectivity index (χ0) is 17.3. The van der Waals surface area contributed by atoms with Gasteiger partial charge in [0.1, 0.15) is 5.75 Å². The van der Waals surface area contributed by atoms with Gasteiger partial charge in [-0.3, -0.25) is 4.90 Å². The second-order valence-electron chi connectivity index (χ2n) is 6.66. The maximum absolute atomic E-state index is 12.6. The zero-order valence-electron chi connectivity index (χ0n) is 14.5. The van der Waals surface area contributed by atoms with Crippen molar-refractivity contribution in [3.63, 3.8) is 0 Å². The standard InChI is InChI=1S/C17H26N2O4S/c1-12-8-16(9-13(2)17(12)22-3)24(20,21)18-10-15-11-19(6-7-23-15)14-4-5-14/h8-9,14-15,18H,4-7,10-11H2,1-3H3. The molecule has 1 aliphatic carbocycles.